The number of rotatable bonds is 9. The zero-order valence-corrected chi connectivity index (χ0v) is 18.4. The number of aromatic nitrogens is 2. The van der Waals surface area contributed by atoms with Crippen LogP contribution in [0.25, 0.3) is 0 Å². The van der Waals surface area contributed by atoms with Gasteiger partial charge in [0.2, 0.25) is 11.8 Å². The summed E-state index contributed by atoms with van der Waals surface area (Å²) in [5.41, 5.74) is 0.830. The summed E-state index contributed by atoms with van der Waals surface area (Å²) in [4.78, 5) is 27.3. The molecule has 0 fully saturated rings. The topological polar surface area (TPSA) is 67.2 Å². The predicted molar refractivity (Wildman–Crippen MR) is 111 cm³/mol. The minimum absolute atomic E-state index is 0.00986. The van der Waals surface area contributed by atoms with E-state index in [-0.39, 0.29) is 35.7 Å². The average Bonchev–Trinajstić information content (AvgIpc) is 2.94. The summed E-state index contributed by atoms with van der Waals surface area (Å²) < 4.78 is 1.68. The summed E-state index contributed by atoms with van der Waals surface area (Å²) in [6, 6.07) is 1.88. The van der Waals surface area contributed by atoms with Gasteiger partial charge in [-0.1, -0.05) is 47.5 Å². The summed E-state index contributed by atoms with van der Waals surface area (Å²) in [7, 11) is 1.81. The summed E-state index contributed by atoms with van der Waals surface area (Å²) in [6.07, 6.45) is 3.79. The zero-order chi connectivity index (χ0) is 20.8. The van der Waals surface area contributed by atoms with Gasteiger partial charge in [-0.25, -0.2) is 0 Å². The molecule has 0 aliphatic rings. The molecule has 0 aliphatic heterocycles. The predicted octanol–water partition coefficient (Wildman–Crippen LogP) is 4.11. The van der Waals surface area contributed by atoms with Crippen LogP contribution in [0.15, 0.2) is 6.07 Å². The fraction of sp³-hybridized carbons (Fsp3) is 0.762. The van der Waals surface area contributed by atoms with Crippen LogP contribution in [0.1, 0.15) is 79.8 Å². The van der Waals surface area contributed by atoms with Gasteiger partial charge in [-0.05, 0) is 26.7 Å². The van der Waals surface area contributed by atoms with Crippen molar-refractivity contribution in [3.8, 4) is 0 Å². The molecule has 0 aliphatic carbocycles. The van der Waals surface area contributed by atoms with Crippen LogP contribution in [0, 0.1) is 5.92 Å². The van der Waals surface area contributed by atoms with Crippen molar-refractivity contribution in [3.05, 3.63) is 11.8 Å². The molecule has 1 rings (SSSR count). The minimum atomic E-state index is -0.189. The third-order valence-corrected chi connectivity index (χ3v) is 4.88. The molecule has 1 aromatic rings. The Labute approximate surface area is 164 Å². The minimum Gasteiger partial charge on any atom is -0.331 e. The van der Waals surface area contributed by atoms with E-state index in [4.69, 9.17) is 0 Å². The third kappa shape index (κ3) is 6.67. The van der Waals surface area contributed by atoms with E-state index in [0.717, 1.165) is 31.4 Å². The summed E-state index contributed by atoms with van der Waals surface area (Å²) >= 11 is 0. The largest absolute Gasteiger partial charge is 0.331 e. The van der Waals surface area contributed by atoms with E-state index < -0.39 is 0 Å². The molecular formula is C21H38N4O2. The number of nitrogens with zero attached hydrogens (tertiary/aromatic N) is 3. The number of carbonyl (C=O) groups is 2. The number of aryl methyl sites for hydroxylation is 1. The van der Waals surface area contributed by atoms with E-state index in [0.29, 0.717) is 5.82 Å². The van der Waals surface area contributed by atoms with Gasteiger partial charge in [0.15, 0.2) is 0 Å². The Hall–Kier alpha value is -1.85. The molecule has 154 valence electrons. The van der Waals surface area contributed by atoms with Crippen LogP contribution in [-0.2, 0) is 22.1 Å². The highest BCUT2D eigenvalue weighted by molar-refractivity contribution is 5.94. The van der Waals surface area contributed by atoms with Crippen LogP contribution in [0.4, 0.5) is 5.82 Å². The molecule has 2 amide bonds. The number of unbranched alkanes of at least 4 members (excludes halogenated alkanes) is 1. The van der Waals surface area contributed by atoms with E-state index in [2.05, 4.69) is 38.1 Å². The second-order valence-corrected chi connectivity index (χ2v) is 8.64. The van der Waals surface area contributed by atoms with Gasteiger partial charge < -0.3 is 10.2 Å². The summed E-state index contributed by atoms with van der Waals surface area (Å²) in [6.45, 7) is 14.4. The van der Waals surface area contributed by atoms with Crippen molar-refractivity contribution in [1.82, 2.24) is 14.7 Å². The van der Waals surface area contributed by atoms with Gasteiger partial charge in [0.1, 0.15) is 12.4 Å². The summed E-state index contributed by atoms with van der Waals surface area (Å²) in [5, 5.41) is 7.39. The highest BCUT2D eigenvalue weighted by atomic mass is 16.2. The molecule has 0 spiro atoms. The molecule has 0 saturated heterocycles. The molecule has 0 radical (unpaired) electrons. The molecule has 1 N–H and O–H groups in total. The van der Waals surface area contributed by atoms with Crippen molar-refractivity contribution in [2.75, 3.05) is 11.9 Å². The van der Waals surface area contributed by atoms with Gasteiger partial charge in [0, 0.05) is 30.5 Å². The van der Waals surface area contributed by atoms with Crippen molar-refractivity contribution < 1.29 is 9.59 Å². The first-order chi connectivity index (χ1) is 12.5. The third-order valence-electron chi connectivity index (χ3n) is 4.88. The zero-order valence-electron chi connectivity index (χ0n) is 18.4. The molecule has 0 aromatic carbocycles. The molecule has 0 saturated carbocycles. The van der Waals surface area contributed by atoms with Crippen LogP contribution in [0.2, 0.25) is 0 Å². The number of nitrogens with one attached hydrogen (secondary N) is 1. The maximum atomic E-state index is 12.9. The number of anilines is 1. The molecule has 6 nitrogen and oxygen atoms in total. The van der Waals surface area contributed by atoms with E-state index in [1.54, 1.807) is 9.58 Å². The van der Waals surface area contributed by atoms with Crippen LogP contribution in [0.5, 0.6) is 0 Å². The fourth-order valence-corrected chi connectivity index (χ4v) is 2.99. The van der Waals surface area contributed by atoms with Gasteiger partial charge in [0.05, 0.1) is 5.69 Å². The quantitative estimate of drug-likeness (QED) is 0.703. The monoisotopic (exact) mass is 378 g/mol. The van der Waals surface area contributed by atoms with Crippen molar-refractivity contribution in [1.29, 1.82) is 0 Å². The molecule has 6 heteroatoms. The summed E-state index contributed by atoms with van der Waals surface area (Å²) in [5.74, 6) is 0.533. The van der Waals surface area contributed by atoms with Gasteiger partial charge in [-0.2, -0.15) is 5.10 Å². The standard InChI is InChI=1S/C21H38N4O2/c1-9-11-12-16(10-2)20(27)25(15(3)4)14-19(26)22-18-13-17(21(5,6)7)23-24(18)8/h13,15-16H,9-12,14H2,1-8H3,(H,22,26). The van der Waals surface area contributed by atoms with Gasteiger partial charge in [0.25, 0.3) is 0 Å². The maximum absolute atomic E-state index is 12.9. The van der Waals surface area contributed by atoms with E-state index in [1.165, 1.54) is 0 Å². The number of carbonyl (C=O) groups excluding carboxylic acids is 2. The fourth-order valence-electron chi connectivity index (χ4n) is 2.99. The Kier molecular flexibility index (Phi) is 8.51. The van der Waals surface area contributed by atoms with E-state index in [9.17, 15) is 9.59 Å². The molecule has 1 aromatic heterocycles. The molecule has 1 unspecified atom stereocenters. The normalized spacial score (nSPS) is 12.9. The second kappa shape index (κ2) is 9.90. The number of hydrogen-bond acceptors (Lipinski definition) is 3. The average molecular weight is 379 g/mol. The smallest absolute Gasteiger partial charge is 0.245 e. The molecule has 0 bridgehead atoms. The molecule has 27 heavy (non-hydrogen) atoms. The Morgan fingerprint density at radius 3 is 2.33 bits per heavy atom. The van der Waals surface area contributed by atoms with Crippen LogP contribution in [0.3, 0.4) is 0 Å². The molecule has 1 atom stereocenters. The first kappa shape index (κ1) is 23.2. The van der Waals surface area contributed by atoms with Gasteiger partial charge >= 0.3 is 0 Å². The van der Waals surface area contributed by atoms with Gasteiger partial charge in [-0.15, -0.1) is 0 Å². The Morgan fingerprint density at radius 1 is 1.26 bits per heavy atom. The van der Waals surface area contributed by atoms with Gasteiger partial charge in [-0.3, -0.25) is 14.3 Å². The lowest BCUT2D eigenvalue weighted by Gasteiger charge is -2.30. The first-order valence-corrected chi connectivity index (χ1v) is 10.2. The Bertz CT molecular complexity index is 629. The first-order valence-electron chi connectivity index (χ1n) is 10.2. The lowest BCUT2D eigenvalue weighted by Crippen LogP contribution is -2.45. The van der Waals surface area contributed by atoms with Crippen LogP contribution in [-0.4, -0.2) is 39.1 Å². The molecule has 1 heterocycles. The van der Waals surface area contributed by atoms with E-state index in [1.807, 2.05) is 33.9 Å². The SMILES string of the molecule is CCCCC(CC)C(=O)N(CC(=O)Nc1cc(C(C)(C)C)nn1C)C(C)C. The highest BCUT2D eigenvalue weighted by Gasteiger charge is 2.27. The number of amides is 2. The Morgan fingerprint density at radius 2 is 1.89 bits per heavy atom. The van der Waals surface area contributed by atoms with E-state index >= 15 is 0 Å². The Balaban J connectivity index is 2.84. The van der Waals surface area contributed by atoms with Crippen LogP contribution >= 0.6 is 0 Å². The van der Waals surface area contributed by atoms with Crippen molar-refractivity contribution >= 4 is 17.6 Å². The highest BCUT2D eigenvalue weighted by Crippen LogP contribution is 2.23. The molecular weight excluding hydrogens is 340 g/mol. The van der Waals surface area contributed by atoms with Crippen molar-refractivity contribution in [2.24, 2.45) is 13.0 Å². The van der Waals surface area contributed by atoms with Crippen molar-refractivity contribution in [2.45, 2.75) is 85.6 Å². The lowest BCUT2D eigenvalue weighted by molar-refractivity contribution is -0.140. The number of hydrogen-bond donors (Lipinski definition) is 1. The maximum Gasteiger partial charge on any atom is 0.245 e. The lowest BCUT2D eigenvalue weighted by atomic mass is 9.92. The van der Waals surface area contributed by atoms with Crippen LogP contribution < -0.4 is 5.32 Å². The second-order valence-electron chi connectivity index (χ2n) is 8.64. The van der Waals surface area contributed by atoms with Crippen molar-refractivity contribution in [3.63, 3.8) is 0 Å².